The monoisotopic (exact) mass is 297 g/mol. The Morgan fingerprint density at radius 2 is 2.10 bits per heavy atom. The van der Waals surface area contributed by atoms with Gasteiger partial charge in [0.05, 0.1) is 16.8 Å². The minimum atomic E-state index is -4.06. The lowest BCUT2D eigenvalue weighted by atomic mass is 10.3. The Kier molecular flexibility index (Phi) is 3.57. The molecule has 1 heterocycles. The molecule has 0 atom stereocenters. The van der Waals surface area contributed by atoms with Crippen molar-refractivity contribution in [1.29, 1.82) is 0 Å². The van der Waals surface area contributed by atoms with E-state index in [0.29, 0.717) is 5.69 Å². The SMILES string of the molecule is CNc1ccc(S(=O)(=O)Nc2cn[nH]c2)c([N+](=O)[O-])c1. The number of rotatable bonds is 5. The van der Waals surface area contributed by atoms with Crippen molar-refractivity contribution in [3.05, 3.63) is 40.7 Å². The van der Waals surface area contributed by atoms with Gasteiger partial charge < -0.3 is 5.32 Å². The molecule has 0 fully saturated rings. The molecule has 2 aromatic rings. The van der Waals surface area contributed by atoms with Gasteiger partial charge >= 0.3 is 0 Å². The molecular formula is C10H11N5O4S. The molecule has 0 spiro atoms. The Bertz CT molecular complexity index is 726. The zero-order valence-corrected chi connectivity index (χ0v) is 11.1. The highest BCUT2D eigenvalue weighted by molar-refractivity contribution is 7.92. The van der Waals surface area contributed by atoms with Gasteiger partial charge in [0, 0.05) is 25.0 Å². The molecule has 2 rings (SSSR count). The van der Waals surface area contributed by atoms with Crippen LogP contribution in [0.5, 0.6) is 0 Å². The van der Waals surface area contributed by atoms with Crippen molar-refractivity contribution in [2.75, 3.05) is 17.1 Å². The molecule has 0 bridgehead atoms. The molecule has 20 heavy (non-hydrogen) atoms. The standard InChI is InChI=1S/C10H11N5O4S/c1-11-7-2-3-10(9(4-7)15(16)17)20(18,19)14-8-5-12-13-6-8/h2-6,11,14H,1H3,(H,12,13). The van der Waals surface area contributed by atoms with Gasteiger partial charge in [-0.15, -0.1) is 0 Å². The van der Waals surface area contributed by atoms with E-state index in [1.54, 1.807) is 7.05 Å². The summed E-state index contributed by atoms with van der Waals surface area (Å²) in [5.74, 6) is 0. The number of aromatic amines is 1. The van der Waals surface area contributed by atoms with Crippen LogP contribution in [0.3, 0.4) is 0 Å². The maximum Gasteiger partial charge on any atom is 0.291 e. The smallest absolute Gasteiger partial charge is 0.291 e. The van der Waals surface area contributed by atoms with E-state index in [9.17, 15) is 18.5 Å². The molecule has 106 valence electrons. The van der Waals surface area contributed by atoms with Crippen LogP contribution in [-0.4, -0.2) is 30.6 Å². The highest BCUT2D eigenvalue weighted by Crippen LogP contribution is 2.28. The number of aromatic nitrogens is 2. The van der Waals surface area contributed by atoms with E-state index in [2.05, 4.69) is 20.2 Å². The number of anilines is 2. The average Bonchev–Trinajstić information content (AvgIpc) is 2.90. The van der Waals surface area contributed by atoms with Gasteiger partial charge in [0.15, 0.2) is 4.90 Å². The molecule has 0 aliphatic heterocycles. The Labute approximate surface area is 114 Å². The summed E-state index contributed by atoms with van der Waals surface area (Å²) in [7, 11) is -2.48. The Morgan fingerprint density at radius 1 is 1.35 bits per heavy atom. The van der Waals surface area contributed by atoms with Crippen LogP contribution in [-0.2, 0) is 10.0 Å². The Morgan fingerprint density at radius 3 is 2.65 bits per heavy atom. The maximum absolute atomic E-state index is 12.1. The molecule has 10 heteroatoms. The molecule has 1 aromatic heterocycles. The quantitative estimate of drug-likeness (QED) is 0.560. The van der Waals surface area contributed by atoms with Crippen molar-refractivity contribution >= 4 is 27.1 Å². The van der Waals surface area contributed by atoms with E-state index in [0.717, 1.165) is 6.07 Å². The number of nitro benzene ring substituents is 1. The number of hydrogen-bond acceptors (Lipinski definition) is 6. The zero-order chi connectivity index (χ0) is 14.8. The number of hydrogen-bond donors (Lipinski definition) is 3. The third kappa shape index (κ3) is 2.69. The van der Waals surface area contributed by atoms with E-state index >= 15 is 0 Å². The van der Waals surface area contributed by atoms with Crippen molar-refractivity contribution in [2.45, 2.75) is 4.90 Å². The molecule has 3 N–H and O–H groups in total. The summed E-state index contributed by atoms with van der Waals surface area (Å²) in [6.45, 7) is 0. The first-order chi connectivity index (χ1) is 9.44. The second-order valence-corrected chi connectivity index (χ2v) is 5.43. The van der Waals surface area contributed by atoms with Crippen molar-refractivity contribution < 1.29 is 13.3 Å². The van der Waals surface area contributed by atoms with Gasteiger partial charge in [-0.2, -0.15) is 5.10 Å². The van der Waals surface area contributed by atoms with E-state index in [-0.39, 0.29) is 5.69 Å². The number of sulfonamides is 1. The fraction of sp³-hybridized carbons (Fsp3) is 0.100. The van der Waals surface area contributed by atoms with Gasteiger partial charge in [0.25, 0.3) is 15.7 Å². The first-order valence-electron chi connectivity index (χ1n) is 5.42. The van der Waals surface area contributed by atoms with Crippen LogP contribution in [0.15, 0.2) is 35.5 Å². The highest BCUT2D eigenvalue weighted by Gasteiger charge is 2.26. The van der Waals surface area contributed by atoms with E-state index in [4.69, 9.17) is 0 Å². The Balaban J connectivity index is 2.48. The summed E-state index contributed by atoms with van der Waals surface area (Å²) in [6, 6.07) is 3.77. The minimum Gasteiger partial charge on any atom is -0.388 e. The normalized spacial score (nSPS) is 11.1. The van der Waals surface area contributed by atoms with Crippen molar-refractivity contribution in [1.82, 2.24) is 10.2 Å². The van der Waals surface area contributed by atoms with Gasteiger partial charge in [0.1, 0.15) is 0 Å². The van der Waals surface area contributed by atoms with Crippen LogP contribution in [0.25, 0.3) is 0 Å². The van der Waals surface area contributed by atoms with Gasteiger partial charge in [-0.05, 0) is 12.1 Å². The summed E-state index contributed by atoms with van der Waals surface area (Å²) in [5, 5.41) is 19.7. The fourth-order valence-corrected chi connectivity index (χ4v) is 2.75. The van der Waals surface area contributed by atoms with Gasteiger partial charge in [-0.3, -0.25) is 19.9 Å². The molecule has 0 saturated heterocycles. The van der Waals surface area contributed by atoms with Crippen LogP contribution in [0.1, 0.15) is 0 Å². The lowest BCUT2D eigenvalue weighted by Crippen LogP contribution is -2.14. The lowest BCUT2D eigenvalue weighted by molar-refractivity contribution is -0.387. The molecule has 1 aromatic carbocycles. The fourth-order valence-electron chi connectivity index (χ4n) is 1.56. The van der Waals surface area contributed by atoms with E-state index in [1.165, 1.54) is 24.5 Å². The maximum atomic E-state index is 12.1. The van der Waals surface area contributed by atoms with Gasteiger partial charge in [-0.1, -0.05) is 0 Å². The van der Waals surface area contributed by atoms with Gasteiger partial charge in [0.2, 0.25) is 0 Å². The third-order valence-electron chi connectivity index (χ3n) is 2.48. The summed E-state index contributed by atoms with van der Waals surface area (Å²) in [6.07, 6.45) is 2.58. The van der Waals surface area contributed by atoms with E-state index < -0.39 is 25.5 Å². The van der Waals surface area contributed by atoms with Gasteiger partial charge in [-0.25, -0.2) is 8.42 Å². The average molecular weight is 297 g/mol. The summed E-state index contributed by atoms with van der Waals surface area (Å²) in [5.41, 5.74) is 0.129. The molecule has 0 aliphatic rings. The number of benzene rings is 1. The van der Waals surface area contributed by atoms with Crippen LogP contribution >= 0.6 is 0 Å². The molecular weight excluding hydrogens is 286 g/mol. The summed E-state index contributed by atoms with van der Waals surface area (Å²) >= 11 is 0. The Hall–Kier alpha value is -2.62. The van der Waals surface area contributed by atoms with Crippen molar-refractivity contribution in [2.24, 2.45) is 0 Å². The lowest BCUT2D eigenvalue weighted by Gasteiger charge is -2.08. The third-order valence-corrected chi connectivity index (χ3v) is 3.91. The molecule has 0 radical (unpaired) electrons. The van der Waals surface area contributed by atoms with Crippen LogP contribution in [0, 0.1) is 10.1 Å². The summed E-state index contributed by atoms with van der Waals surface area (Å²) in [4.78, 5) is 9.85. The highest BCUT2D eigenvalue weighted by atomic mass is 32.2. The zero-order valence-electron chi connectivity index (χ0n) is 10.3. The van der Waals surface area contributed by atoms with Crippen molar-refractivity contribution in [3.63, 3.8) is 0 Å². The second kappa shape index (κ2) is 5.17. The van der Waals surface area contributed by atoms with Crippen LogP contribution < -0.4 is 10.0 Å². The number of H-pyrrole nitrogens is 1. The number of nitro groups is 1. The molecule has 0 amide bonds. The predicted octanol–water partition coefficient (Wildman–Crippen LogP) is 1.16. The van der Waals surface area contributed by atoms with E-state index in [1.807, 2.05) is 0 Å². The number of nitrogens with one attached hydrogen (secondary N) is 3. The molecule has 0 unspecified atom stereocenters. The summed E-state index contributed by atoms with van der Waals surface area (Å²) < 4.78 is 26.5. The minimum absolute atomic E-state index is 0.192. The van der Waals surface area contributed by atoms with Crippen molar-refractivity contribution in [3.8, 4) is 0 Å². The molecule has 0 aliphatic carbocycles. The number of nitrogens with zero attached hydrogens (tertiary/aromatic N) is 2. The molecule has 9 nitrogen and oxygen atoms in total. The van der Waals surface area contributed by atoms with Crippen LogP contribution in [0.4, 0.5) is 17.1 Å². The largest absolute Gasteiger partial charge is 0.388 e. The first kappa shape index (κ1) is 13.8. The molecule has 0 saturated carbocycles. The first-order valence-corrected chi connectivity index (χ1v) is 6.90. The predicted molar refractivity (Wildman–Crippen MR) is 72.0 cm³/mol. The van der Waals surface area contributed by atoms with Crippen LogP contribution in [0.2, 0.25) is 0 Å². The topological polar surface area (TPSA) is 130 Å². The second-order valence-electron chi connectivity index (χ2n) is 3.78.